The van der Waals surface area contributed by atoms with E-state index >= 15 is 0 Å². The van der Waals surface area contributed by atoms with Gasteiger partial charge in [0.05, 0.1) is 35.6 Å². The third-order valence-electron chi connectivity index (χ3n) is 6.05. The van der Waals surface area contributed by atoms with Crippen LogP contribution < -0.4 is 10.1 Å². The second kappa shape index (κ2) is 10.2. The van der Waals surface area contributed by atoms with Gasteiger partial charge in [-0.05, 0) is 56.8 Å². The molecule has 0 spiro atoms. The number of carboxylic acids is 1. The molecule has 1 saturated carbocycles. The second-order valence-electron chi connectivity index (χ2n) is 8.42. The molecule has 3 aromatic rings. The van der Waals surface area contributed by atoms with Crippen molar-refractivity contribution in [3.8, 4) is 17.1 Å². The highest BCUT2D eigenvalue weighted by atomic mass is 16.5. The molecule has 12 nitrogen and oxygen atoms in total. The van der Waals surface area contributed by atoms with Crippen molar-refractivity contribution in [2.75, 3.05) is 12.4 Å². The van der Waals surface area contributed by atoms with Crippen LogP contribution in [0.4, 0.5) is 5.95 Å². The van der Waals surface area contributed by atoms with E-state index in [4.69, 9.17) is 14.0 Å². The molecule has 3 atom stereocenters. The van der Waals surface area contributed by atoms with Crippen LogP contribution in [0.1, 0.15) is 56.0 Å². The van der Waals surface area contributed by atoms with Crippen LogP contribution in [0, 0.1) is 12.8 Å². The van der Waals surface area contributed by atoms with Crippen LogP contribution in [0.2, 0.25) is 0 Å². The number of rotatable bonds is 9. The molecule has 1 unspecified atom stereocenters. The van der Waals surface area contributed by atoms with Crippen LogP contribution in [0.25, 0.3) is 11.4 Å². The van der Waals surface area contributed by atoms with Gasteiger partial charge in [0, 0.05) is 14.2 Å². The van der Waals surface area contributed by atoms with Gasteiger partial charge in [0.2, 0.25) is 0 Å². The average molecular weight is 472 g/mol. The molecule has 12 heteroatoms. The van der Waals surface area contributed by atoms with Crippen LogP contribution >= 0.6 is 0 Å². The van der Waals surface area contributed by atoms with Gasteiger partial charge < -0.3 is 24.4 Å². The second-order valence-corrected chi connectivity index (χ2v) is 8.42. The number of anilines is 1. The molecule has 3 heterocycles. The van der Waals surface area contributed by atoms with Crippen molar-refractivity contribution in [1.29, 1.82) is 0 Å². The fraction of sp³-hybridized carbons (Fsp3) is 0.545. The van der Waals surface area contributed by atoms with Gasteiger partial charge in [-0.2, -0.15) is 4.98 Å². The van der Waals surface area contributed by atoms with Gasteiger partial charge in [-0.25, -0.2) is 9.67 Å². The lowest BCUT2D eigenvalue weighted by Crippen LogP contribution is -2.29. The summed E-state index contributed by atoms with van der Waals surface area (Å²) in [6.07, 6.45) is 2.47. The van der Waals surface area contributed by atoms with Crippen LogP contribution in [-0.2, 0) is 23.1 Å². The Morgan fingerprint density at radius 3 is 2.91 bits per heavy atom. The predicted molar refractivity (Wildman–Crippen MR) is 120 cm³/mol. The van der Waals surface area contributed by atoms with Crippen molar-refractivity contribution < 1.29 is 23.9 Å². The summed E-state index contributed by atoms with van der Waals surface area (Å²) >= 11 is 0. The Balaban J connectivity index is 1.46. The zero-order chi connectivity index (χ0) is 24.2. The number of aliphatic carboxylic acids is 1. The SMILES string of the molecule is COC(C)c1nc(NCc2c(-c3ccc(O[C@H]4CCC[C@H](C(=O)O)C4)c(C)n3)nnn2C)no1. The summed E-state index contributed by atoms with van der Waals surface area (Å²) in [5.41, 5.74) is 2.78. The number of hydrogen-bond acceptors (Lipinski definition) is 10. The highest BCUT2D eigenvalue weighted by molar-refractivity contribution is 5.70. The maximum atomic E-state index is 11.3. The van der Waals surface area contributed by atoms with Crippen molar-refractivity contribution in [2.24, 2.45) is 13.0 Å². The van der Waals surface area contributed by atoms with E-state index in [1.807, 2.05) is 26.0 Å². The highest BCUT2D eigenvalue weighted by Gasteiger charge is 2.28. The smallest absolute Gasteiger partial charge is 0.306 e. The molecule has 182 valence electrons. The molecule has 3 aromatic heterocycles. The van der Waals surface area contributed by atoms with Crippen LogP contribution in [-0.4, -0.2) is 54.4 Å². The molecule has 1 aliphatic carbocycles. The minimum absolute atomic E-state index is 0.127. The Labute approximate surface area is 196 Å². The Morgan fingerprint density at radius 2 is 2.18 bits per heavy atom. The molecule has 1 fully saturated rings. The Kier molecular flexibility index (Phi) is 7.06. The van der Waals surface area contributed by atoms with E-state index in [-0.39, 0.29) is 18.1 Å². The number of carboxylic acid groups (broad SMARTS) is 1. The summed E-state index contributed by atoms with van der Waals surface area (Å²) in [4.78, 5) is 20.3. The lowest BCUT2D eigenvalue weighted by molar-refractivity contribution is -0.143. The Hall–Kier alpha value is -3.54. The molecular weight excluding hydrogens is 442 g/mol. The molecule has 0 aliphatic heterocycles. The molecule has 0 radical (unpaired) electrons. The average Bonchev–Trinajstić information content (AvgIpc) is 3.45. The molecular formula is C22H29N7O5. The number of carbonyl (C=O) groups is 1. The third kappa shape index (κ3) is 5.16. The van der Waals surface area contributed by atoms with Gasteiger partial charge in [0.15, 0.2) is 0 Å². The van der Waals surface area contributed by atoms with Crippen molar-refractivity contribution in [1.82, 2.24) is 30.1 Å². The minimum Gasteiger partial charge on any atom is -0.489 e. The van der Waals surface area contributed by atoms with E-state index in [0.717, 1.165) is 18.5 Å². The van der Waals surface area contributed by atoms with E-state index in [1.165, 1.54) is 0 Å². The van der Waals surface area contributed by atoms with Crippen molar-refractivity contribution in [2.45, 2.75) is 58.3 Å². The lowest BCUT2D eigenvalue weighted by Gasteiger charge is -2.27. The monoisotopic (exact) mass is 471 g/mol. The van der Waals surface area contributed by atoms with Crippen LogP contribution in [0.3, 0.4) is 0 Å². The molecule has 0 bridgehead atoms. The predicted octanol–water partition coefficient (Wildman–Crippen LogP) is 2.91. The minimum atomic E-state index is -0.757. The van der Waals surface area contributed by atoms with Crippen molar-refractivity contribution in [3.63, 3.8) is 0 Å². The summed E-state index contributed by atoms with van der Waals surface area (Å²) in [7, 11) is 3.37. The van der Waals surface area contributed by atoms with Gasteiger partial charge >= 0.3 is 5.97 Å². The van der Waals surface area contributed by atoms with Crippen molar-refractivity contribution >= 4 is 11.9 Å². The van der Waals surface area contributed by atoms with Crippen LogP contribution in [0.5, 0.6) is 5.75 Å². The van der Waals surface area contributed by atoms with Gasteiger partial charge in [0.1, 0.15) is 17.5 Å². The summed E-state index contributed by atoms with van der Waals surface area (Å²) in [5.74, 6) is 0.261. The zero-order valence-electron chi connectivity index (χ0n) is 19.7. The molecule has 0 amide bonds. The standard InChI is InChI=1S/C22H29N7O5/c1-12-18(33-15-7-5-6-14(10-15)21(30)31)9-8-16(24-12)19-17(29(3)28-26-19)11-23-22-25-20(34-27-22)13(2)32-4/h8-9,13-15H,5-7,10-11H2,1-4H3,(H,23,27)(H,30,31)/t13?,14-,15-/m0/s1. The number of pyridine rings is 1. The maximum Gasteiger partial charge on any atom is 0.306 e. The Morgan fingerprint density at radius 1 is 1.35 bits per heavy atom. The van der Waals surface area contributed by atoms with Crippen molar-refractivity contribution in [3.05, 3.63) is 29.4 Å². The van der Waals surface area contributed by atoms with Gasteiger partial charge in [0.25, 0.3) is 11.8 Å². The van der Waals surface area contributed by atoms with Crippen LogP contribution in [0.15, 0.2) is 16.7 Å². The first-order valence-electron chi connectivity index (χ1n) is 11.2. The largest absolute Gasteiger partial charge is 0.489 e. The van der Waals surface area contributed by atoms with Gasteiger partial charge in [-0.3, -0.25) is 4.79 Å². The topological polar surface area (TPSA) is 150 Å². The molecule has 4 rings (SSSR count). The van der Waals surface area contributed by atoms with E-state index in [9.17, 15) is 9.90 Å². The summed E-state index contributed by atoms with van der Waals surface area (Å²) in [5, 5.41) is 24.8. The number of aryl methyl sites for hydroxylation is 2. The fourth-order valence-corrected chi connectivity index (χ4v) is 3.97. The molecule has 34 heavy (non-hydrogen) atoms. The quantitative estimate of drug-likeness (QED) is 0.474. The first kappa shape index (κ1) is 23.6. The van der Waals surface area contributed by atoms with E-state index < -0.39 is 5.97 Å². The summed E-state index contributed by atoms with van der Waals surface area (Å²) in [6, 6.07) is 3.69. The summed E-state index contributed by atoms with van der Waals surface area (Å²) < 4.78 is 18.2. The highest BCUT2D eigenvalue weighted by Crippen LogP contribution is 2.30. The first-order valence-corrected chi connectivity index (χ1v) is 11.2. The Bertz CT molecular complexity index is 1140. The molecule has 0 saturated heterocycles. The number of nitrogens with zero attached hydrogens (tertiary/aromatic N) is 6. The molecule has 0 aromatic carbocycles. The first-order chi connectivity index (χ1) is 16.4. The number of methoxy groups -OCH3 is 1. The van der Waals surface area contributed by atoms with Gasteiger partial charge in [-0.15, -0.1) is 5.10 Å². The normalized spacial score (nSPS) is 19.1. The van der Waals surface area contributed by atoms with E-state index in [0.29, 0.717) is 54.1 Å². The fourth-order valence-electron chi connectivity index (χ4n) is 3.97. The molecule has 2 N–H and O–H groups in total. The number of hydrogen-bond donors (Lipinski definition) is 2. The van der Waals surface area contributed by atoms with E-state index in [1.54, 1.807) is 18.8 Å². The number of nitrogens with one attached hydrogen (secondary N) is 1. The third-order valence-corrected chi connectivity index (χ3v) is 6.05. The van der Waals surface area contributed by atoms with Gasteiger partial charge in [-0.1, -0.05) is 5.21 Å². The zero-order valence-corrected chi connectivity index (χ0v) is 19.7. The number of ether oxygens (including phenoxy) is 2. The maximum absolute atomic E-state index is 11.3. The number of aromatic nitrogens is 6. The lowest BCUT2D eigenvalue weighted by atomic mass is 9.87. The molecule has 1 aliphatic rings. The van der Waals surface area contributed by atoms with E-state index in [2.05, 4.69) is 30.8 Å². The summed E-state index contributed by atoms with van der Waals surface area (Å²) in [6.45, 7) is 4.04.